The molecule has 0 bridgehead atoms. The topological polar surface area (TPSA) is 51.0 Å². The van der Waals surface area contributed by atoms with E-state index in [4.69, 9.17) is 4.52 Å². The van der Waals surface area contributed by atoms with E-state index in [1.165, 1.54) is 6.07 Å². The van der Waals surface area contributed by atoms with Gasteiger partial charge in [-0.3, -0.25) is 0 Å². The van der Waals surface area contributed by atoms with Crippen molar-refractivity contribution < 1.29 is 8.91 Å². The first-order chi connectivity index (χ1) is 9.81. The fraction of sp³-hybridized carbons (Fsp3) is 0.429. The van der Waals surface area contributed by atoms with E-state index < -0.39 is 0 Å². The van der Waals surface area contributed by atoms with Crippen LogP contribution in [0.25, 0.3) is 0 Å². The highest BCUT2D eigenvalue weighted by Gasteiger charge is 2.17. The Kier molecular flexibility index (Phi) is 4.32. The first kappa shape index (κ1) is 13.6. The maximum absolute atomic E-state index is 13.6. The van der Waals surface area contributed by atoms with E-state index in [2.05, 4.69) is 15.5 Å². The van der Waals surface area contributed by atoms with Crippen molar-refractivity contribution in [3.05, 3.63) is 47.4 Å². The van der Waals surface area contributed by atoms with Crippen molar-refractivity contribution in [2.45, 2.75) is 18.9 Å². The van der Waals surface area contributed by atoms with Crippen LogP contribution in [0.1, 0.15) is 17.3 Å². The molecule has 2 aromatic rings. The molecule has 0 radical (unpaired) electrons. The molecule has 6 heteroatoms. The second-order valence-corrected chi connectivity index (χ2v) is 5.95. The summed E-state index contributed by atoms with van der Waals surface area (Å²) in [6, 6.07) is 7.05. The van der Waals surface area contributed by atoms with Gasteiger partial charge in [-0.15, -0.1) is 0 Å². The Morgan fingerprint density at radius 2 is 2.30 bits per heavy atom. The smallest absolute Gasteiger partial charge is 0.228 e. The van der Waals surface area contributed by atoms with Crippen molar-refractivity contribution >= 4 is 11.8 Å². The highest BCUT2D eigenvalue weighted by molar-refractivity contribution is 7.99. The zero-order valence-corrected chi connectivity index (χ0v) is 11.8. The first-order valence-corrected chi connectivity index (χ1v) is 7.83. The molecule has 1 fully saturated rings. The molecular formula is C14H16FN3OS. The van der Waals surface area contributed by atoms with E-state index in [1.54, 1.807) is 12.1 Å². The number of halogens is 1. The molecule has 4 nitrogen and oxygen atoms in total. The third-order valence-electron chi connectivity index (χ3n) is 3.24. The quantitative estimate of drug-likeness (QED) is 0.935. The molecule has 1 aromatic carbocycles. The van der Waals surface area contributed by atoms with Gasteiger partial charge in [0.25, 0.3) is 0 Å². The van der Waals surface area contributed by atoms with Crippen molar-refractivity contribution in [1.82, 2.24) is 15.5 Å². The van der Waals surface area contributed by atoms with E-state index in [0.717, 1.165) is 24.5 Å². The highest BCUT2D eigenvalue weighted by Crippen LogP contribution is 2.14. The van der Waals surface area contributed by atoms with Crippen molar-refractivity contribution in [3.63, 3.8) is 0 Å². The lowest BCUT2D eigenvalue weighted by Gasteiger charge is -2.21. The largest absolute Gasteiger partial charge is 0.339 e. The molecule has 1 aliphatic heterocycles. The summed E-state index contributed by atoms with van der Waals surface area (Å²) >= 11 is 1.93. The van der Waals surface area contributed by atoms with Crippen LogP contribution in [0.4, 0.5) is 4.39 Å². The van der Waals surface area contributed by atoms with Gasteiger partial charge >= 0.3 is 0 Å². The van der Waals surface area contributed by atoms with Gasteiger partial charge in [-0.05, 0) is 11.6 Å². The molecule has 20 heavy (non-hydrogen) atoms. The third kappa shape index (κ3) is 3.37. The monoisotopic (exact) mass is 293 g/mol. The second kappa shape index (κ2) is 6.37. The molecule has 106 valence electrons. The van der Waals surface area contributed by atoms with Crippen LogP contribution in [0, 0.1) is 5.82 Å². The number of hydrogen-bond acceptors (Lipinski definition) is 5. The first-order valence-electron chi connectivity index (χ1n) is 6.67. The van der Waals surface area contributed by atoms with Gasteiger partial charge < -0.3 is 9.84 Å². The molecule has 1 aliphatic rings. The number of nitrogens with one attached hydrogen (secondary N) is 1. The zero-order valence-electron chi connectivity index (χ0n) is 11.0. The number of nitrogens with zero attached hydrogens (tertiary/aromatic N) is 2. The average molecular weight is 293 g/mol. The summed E-state index contributed by atoms with van der Waals surface area (Å²) in [5, 5.41) is 7.36. The maximum Gasteiger partial charge on any atom is 0.228 e. The standard InChI is InChI=1S/C14H16FN3OS/c15-12-4-2-1-3-10(12)7-13-17-14(19-18-13)8-11-9-20-6-5-16-11/h1-4,11,16H,5-9H2. The molecule has 0 spiro atoms. The molecule has 1 aromatic heterocycles. The summed E-state index contributed by atoms with van der Waals surface area (Å²) in [6.07, 6.45) is 1.10. The highest BCUT2D eigenvalue weighted by atomic mass is 32.2. The molecule has 3 rings (SSSR count). The fourth-order valence-electron chi connectivity index (χ4n) is 2.22. The Labute approximate surface area is 121 Å². The summed E-state index contributed by atoms with van der Waals surface area (Å²) in [5.74, 6) is 3.14. The van der Waals surface area contributed by atoms with E-state index in [9.17, 15) is 4.39 Å². The van der Waals surface area contributed by atoms with E-state index in [-0.39, 0.29) is 5.82 Å². The lowest BCUT2D eigenvalue weighted by atomic mass is 10.1. The number of hydrogen-bond donors (Lipinski definition) is 1. The minimum Gasteiger partial charge on any atom is -0.339 e. The van der Waals surface area contributed by atoms with Crippen LogP contribution in [0.15, 0.2) is 28.8 Å². The van der Waals surface area contributed by atoms with E-state index in [1.807, 2.05) is 17.8 Å². The average Bonchev–Trinajstić information content (AvgIpc) is 2.90. The van der Waals surface area contributed by atoms with Gasteiger partial charge in [0.1, 0.15) is 5.82 Å². The zero-order chi connectivity index (χ0) is 13.8. The number of aromatic nitrogens is 2. The minimum absolute atomic E-state index is 0.232. The molecule has 1 saturated heterocycles. The molecule has 0 amide bonds. The number of thioether (sulfide) groups is 1. The Bertz CT molecular complexity index is 569. The van der Waals surface area contributed by atoms with Crippen LogP contribution in [-0.2, 0) is 12.8 Å². The summed E-state index contributed by atoms with van der Waals surface area (Å²) in [6.45, 7) is 1.02. The predicted molar refractivity (Wildman–Crippen MR) is 76.3 cm³/mol. The van der Waals surface area contributed by atoms with Gasteiger partial charge in [0.05, 0.1) is 0 Å². The second-order valence-electron chi connectivity index (χ2n) is 4.80. The summed E-state index contributed by atoms with van der Waals surface area (Å²) < 4.78 is 18.8. The van der Waals surface area contributed by atoms with Crippen LogP contribution in [0.2, 0.25) is 0 Å². The summed E-state index contributed by atoms with van der Waals surface area (Å²) in [4.78, 5) is 4.35. The minimum atomic E-state index is -0.232. The van der Waals surface area contributed by atoms with Gasteiger partial charge in [-0.25, -0.2) is 4.39 Å². The van der Waals surface area contributed by atoms with Gasteiger partial charge in [0.2, 0.25) is 5.89 Å². The van der Waals surface area contributed by atoms with Gasteiger partial charge in [-0.1, -0.05) is 23.4 Å². The predicted octanol–water partition coefficient (Wildman–Crippen LogP) is 2.05. The van der Waals surface area contributed by atoms with Gasteiger partial charge in [-0.2, -0.15) is 16.7 Å². The van der Waals surface area contributed by atoms with Crippen molar-refractivity contribution in [1.29, 1.82) is 0 Å². The van der Waals surface area contributed by atoms with Crippen LogP contribution in [0.3, 0.4) is 0 Å². The lowest BCUT2D eigenvalue weighted by Crippen LogP contribution is -2.38. The van der Waals surface area contributed by atoms with Gasteiger partial charge in [0.15, 0.2) is 5.82 Å². The summed E-state index contributed by atoms with van der Waals surface area (Å²) in [7, 11) is 0. The molecule has 0 aliphatic carbocycles. The maximum atomic E-state index is 13.6. The lowest BCUT2D eigenvalue weighted by molar-refractivity contribution is 0.359. The van der Waals surface area contributed by atoms with Gasteiger partial charge in [0, 0.05) is 36.9 Å². The van der Waals surface area contributed by atoms with E-state index in [0.29, 0.717) is 29.7 Å². The number of rotatable bonds is 4. The Morgan fingerprint density at radius 3 is 3.10 bits per heavy atom. The van der Waals surface area contributed by atoms with Crippen LogP contribution in [0.5, 0.6) is 0 Å². The van der Waals surface area contributed by atoms with Crippen LogP contribution < -0.4 is 5.32 Å². The fourth-order valence-corrected chi connectivity index (χ4v) is 3.17. The van der Waals surface area contributed by atoms with Crippen LogP contribution in [-0.4, -0.2) is 34.2 Å². The van der Waals surface area contributed by atoms with Crippen molar-refractivity contribution in [2.24, 2.45) is 0 Å². The SMILES string of the molecule is Fc1ccccc1Cc1noc(CC2CSCCN2)n1. The molecule has 2 heterocycles. The summed E-state index contributed by atoms with van der Waals surface area (Å²) in [5.41, 5.74) is 0.589. The van der Waals surface area contributed by atoms with Crippen molar-refractivity contribution in [3.8, 4) is 0 Å². The Morgan fingerprint density at radius 1 is 1.40 bits per heavy atom. The molecule has 1 N–H and O–H groups in total. The Balaban J connectivity index is 1.63. The Hall–Kier alpha value is -1.40. The normalized spacial score (nSPS) is 19.1. The molecule has 0 saturated carbocycles. The number of benzene rings is 1. The molecule has 1 unspecified atom stereocenters. The van der Waals surface area contributed by atoms with Crippen molar-refractivity contribution in [2.75, 3.05) is 18.1 Å². The molecule has 1 atom stereocenters. The third-order valence-corrected chi connectivity index (χ3v) is 4.37. The van der Waals surface area contributed by atoms with Crippen LogP contribution >= 0.6 is 11.8 Å². The van der Waals surface area contributed by atoms with E-state index >= 15 is 0 Å². The molecular weight excluding hydrogens is 277 g/mol.